The van der Waals surface area contributed by atoms with Crippen molar-refractivity contribution in [3.8, 4) is 0 Å². The third kappa shape index (κ3) is 2.60. The van der Waals surface area contributed by atoms with E-state index in [0.717, 1.165) is 6.07 Å². The van der Waals surface area contributed by atoms with E-state index in [1.807, 2.05) is 0 Å². The smallest absolute Gasteiger partial charge is 0.348 e. The van der Waals surface area contributed by atoms with Gasteiger partial charge < -0.3 is 5.32 Å². The van der Waals surface area contributed by atoms with Crippen molar-refractivity contribution < 1.29 is 22.8 Å². The molecule has 0 saturated heterocycles. The first kappa shape index (κ1) is 13.9. The van der Waals surface area contributed by atoms with Crippen molar-refractivity contribution >= 4 is 23.5 Å². The fourth-order valence-corrected chi connectivity index (χ4v) is 2.39. The second-order valence-electron chi connectivity index (χ2n) is 4.09. The van der Waals surface area contributed by atoms with Gasteiger partial charge in [-0.1, -0.05) is 0 Å². The molecule has 0 unspecified atom stereocenters. The Balaban J connectivity index is 2.58. The number of hydrogen-bond acceptors (Lipinski definition) is 3. The topological polar surface area (TPSA) is 46.2 Å². The number of rotatable bonds is 3. The zero-order valence-electron chi connectivity index (χ0n) is 9.93. The number of halogens is 3. The van der Waals surface area contributed by atoms with Gasteiger partial charge in [0.15, 0.2) is 5.78 Å². The highest BCUT2D eigenvalue weighted by Crippen LogP contribution is 2.36. The summed E-state index contributed by atoms with van der Waals surface area (Å²) in [6.45, 7) is -0.153. The molecule has 1 aromatic carbocycles. The van der Waals surface area contributed by atoms with Crippen molar-refractivity contribution in [1.29, 1.82) is 0 Å². The first-order valence-corrected chi connectivity index (χ1v) is 6.78. The van der Waals surface area contributed by atoms with E-state index in [1.165, 1.54) is 17.8 Å². The van der Waals surface area contributed by atoms with Crippen LogP contribution in [-0.2, 0) is 12.7 Å². The van der Waals surface area contributed by atoms with Crippen LogP contribution in [0.1, 0.15) is 31.8 Å². The summed E-state index contributed by atoms with van der Waals surface area (Å²) in [4.78, 5) is 23.2. The molecule has 1 N–H and O–H groups in total. The maximum absolute atomic E-state index is 12.9. The summed E-state index contributed by atoms with van der Waals surface area (Å²) in [7, 11) is 0. The lowest BCUT2D eigenvalue weighted by Crippen LogP contribution is -2.13. The van der Waals surface area contributed by atoms with Gasteiger partial charge in [0.1, 0.15) is 0 Å². The zero-order valence-corrected chi connectivity index (χ0v) is 10.7. The Morgan fingerprint density at radius 1 is 1.42 bits per heavy atom. The van der Waals surface area contributed by atoms with Gasteiger partial charge in [-0.3, -0.25) is 9.59 Å². The van der Waals surface area contributed by atoms with Crippen molar-refractivity contribution in [3.63, 3.8) is 0 Å². The summed E-state index contributed by atoms with van der Waals surface area (Å²) in [6.07, 6.45) is -2.89. The molecule has 0 spiro atoms. The number of benzene rings is 1. The molecule has 7 heteroatoms. The van der Waals surface area contributed by atoms with E-state index in [1.54, 1.807) is 6.26 Å². The van der Waals surface area contributed by atoms with Crippen molar-refractivity contribution in [2.45, 2.75) is 12.7 Å². The van der Waals surface area contributed by atoms with E-state index < -0.39 is 23.4 Å². The Morgan fingerprint density at radius 2 is 2.11 bits per heavy atom. The molecule has 19 heavy (non-hydrogen) atoms. The number of fused-ring (bicyclic) bond motifs is 1. The Morgan fingerprint density at radius 3 is 2.68 bits per heavy atom. The standard InChI is InChI=1S/C12H10F3NO2S/c1-19-5-10(17)6-2-7-8(4-16-11(7)18)9(3-6)12(13,14)15/h2-3H,4-5H2,1H3,(H,16,18). The first-order chi connectivity index (χ1) is 8.84. The molecular formula is C12H10F3NO2S. The number of carbonyl (C=O) groups is 2. The molecule has 0 fully saturated rings. The largest absolute Gasteiger partial charge is 0.416 e. The minimum absolute atomic E-state index is 0.0562. The number of thioether (sulfide) groups is 1. The van der Waals surface area contributed by atoms with Gasteiger partial charge in [0.25, 0.3) is 5.91 Å². The summed E-state index contributed by atoms with van der Waals surface area (Å²) < 4.78 is 38.8. The van der Waals surface area contributed by atoms with Crippen LogP contribution in [0.3, 0.4) is 0 Å². The number of nitrogens with one attached hydrogen (secondary N) is 1. The minimum atomic E-state index is -4.58. The summed E-state index contributed by atoms with van der Waals surface area (Å²) in [5, 5.41) is 2.34. The molecule has 1 amide bonds. The van der Waals surface area contributed by atoms with Crippen molar-refractivity contribution in [3.05, 3.63) is 34.4 Å². The molecule has 0 saturated carbocycles. The van der Waals surface area contributed by atoms with Crippen molar-refractivity contribution in [1.82, 2.24) is 5.32 Å². The molecule has 0 atom stereocenters. The highest BCUT2D eigenvalue weighted by molar-refractivity contribution is 7.99. The van der Waals surface area contributed by atoms with E-state index >= 15 is 0 Å². The van der Waals surface area contributed by atoms with Gasteiger partial charge in [-0.25, -0.2) is 0 Å². The molecule has 3 nitrogen and oxygen atoms in total. The van der Waals surface area contributed by atoms with E-state index in [2.05, 4.69) is 5.32 Å². The molecular weight excluding hydrogens is 279 g/mol. The second-order valence-corrected chi connectivity index (χ2v) is 4.95. The van der Waals surface area contributed by atoms with E-state index in [0.29, 0.717) is 0 Å². The number of Topliss-reactive ketones (excluding diaryl/α,β-unsaturated/α-hetero) is 1. The average molecular weight is 289 g/mol. The Labute approximate surface area is 111 Å². The molecule has 0 aromatic heterocycles. The van der Waals surface area contributed by atoms with Crippen LogP contribution >= 0.6 is 11.8 Å². The summed E-state index contributed by atoms with van der Waals surface area (Å²) in [5.74, 6) is -0.905. The van der Waals surface area contributed by atoms with Crippen LogP contribution in [-0.4, -0.2) is 23.7 Å². The predicted molar refractivity (Wildman–Crippen MR) is 65.3 cm³/mol. The van der Waals surface area contributed by atoms with Crippen LogP contribution in [0, 0.1) is 0 Å². The fourth-order valence-electron chi connectivity index (χ4n) is 1.96. The lowest BCUT2D eigenvalue weighted by atomic mass is 9.97. The summed E-state index contributed by atoms with van der Waals surface area (Å²) >= 11 is 1.22. The summed E-state index contributed by atoms with van der Waals surface area (Å²) in [5.41, 5.74) is -1.12. The lowest BCUT2D eigenvalue weighted by molar-refractivity contribution is -0.138. The Hall–Kier alpha value is -1.50. The third-order valence-electron chi connectivity index (χ3n) is 2.82. The minimum Gasteiger partial charge on any atom is -0.348 e. The molecule has 1 aliphatic rings. The average Bonchev–Trinajstić information content (AvgIpc) is 2.69. The van der Waals surface area contributed by atoms with Crippen LogP contribution in [0.15, 0.2) is 12.1 Å². The fraction of sp³-hybridized carbons (Fsp3) is 0.333. The first-order valence-electron chi connectivity index (χ1n) is 5.39. The molecule has 1 heterocycles. The van der Waals surface area contributed by atoms with Gasteiger partial charge in [0.2, 0.25) is 0 Å². The lowest BCUT2D eigenvalue weighted by Gasteiger charge is -2.12. The van der Waals surface area contributed by atoms with E-state index in [-0.39, 0.29) is 29.0 Å². The zero-order chi connectivity index (χ0) is 14.2. The monoisotopic (exact) mass is 289 g/mol. The maximum Gasteiger partial charge on any atom is 0.416 e. The van der Waals surface area contributed by atoms with Crippen LogP contribution in [0.5, 0.6) is 0 Å². The third-order valence-corrected chi connectivity index (χ3v) is 3.37. The van der Waals surface area contributed by atoms with Crippen LogP contribution in [0.4, 0.5) is 13.2 Å². The van der Waals surface area contributed by atoms with E-state index in [4.69, 9.17) is 0 Å². The van der Waals surface area contributed by atoms with Gasteiger partial charge in [-0.2, -0.15) is 24.9 Å². The number of carbonyl (C=O) groups excluding carboxylic acids is 2. The van der Waals surface area contributed by atoms with Crippen LogP contribution in [0.2, 0.25) is 0 Å². The second kappa shape index (κ2) is 4.88. The quantitative estimate of drug-likeness (QED) is 0.870. The highest BCUT2D eigenvalue weighted by atomic mass is 32.2. The van der Waals surface area contributed by atoms with Crippen molar-refractivity contribution in [2.75, 3.05) is 12.0 Å². The summed E-state index contributed by atoms with van der Waals surface area (Å²) in [6, 6.07) is 2.07. The molecule has 0 aliphatic carbocycles. The number of alkyl halides is 3. The number of amides is 1. The van der Waals surface area contributed by atoms with Gasteiger partial charge >= 0.3 is 6.18 Å². The molecule has 0 radical (unpaired) electrons. The molecule has 1 aliphatic heterocycles. The van der Waals surface area contributed by atoms with Gasteiger partial charge in [-0.15, -0.1) is 0 Å². The van der Waals surface area contributed by atoms with Gasteiger partial charge in [-0.05, 0) is 24.0 Å². The predicted octanol–water partition coefficient (Wildman–Crippen LogP) is 2.49. The van der Waals surface area contributed by atoms with Gasteiger partial charge in [0, 0.05) is 17.7 Å². The Bertz CT molecular complexity index is 555. The van der Waals surface area contributed by atoms with Crippen molar-refractivity contribution in [2.24, 2.45) is 0 Å². The molecule has 2 rings (SSSR count). The number of ketones is 1. The Kier molecular flexibility index (Phi) is 3.58. The maximum atomic E-state index is 12.9. The molecule has 102 valence electrons. The van der Waals surface area contributed by atoms with Gasteiger partial charge in [0.05, 0.1) is 11.3 Å². The van der Waals surface area contributed by atoms with Crippen LogP contribution < -0.4 is 5.32 Å². The molecule has 1 aromatic rings. The normalized spacial score (nSPS) is 14.2. The highest BCUT2D eigenvalue weighted by Gasteiger charge is 2.38. The molecule has 0 bridgehead atoms. The SMILES string of the molecule is CSCC(=O)c1cc2c(c(C(F)(F)F)c1)CNC2=O. The van der Waals surface area contributed by atoms with E-state index in [9.17, 15) is 22.8 Å². The number of hydrogen-bond donors (Lipinski definition) is 1. The van der Waals surface area contributed by atoms with Crippen LogP contribution in [0.25, 0.3) is 0 Å².